The van der Waals surface area contributed by atoms with E-state index in [1.807, 2.05) is 13.8 Å². The minimum atomic E-state index is -0.947. The largest absolute Gasteiger partial charge is 0.475 e. The lowest BCUT2D eigenvalue weighted by Gasteiger charge is -2.41. The van der Waals surface area contributed by atoms with Crippen LogP contribution in [0, 0.1) is 0 Å². The van der Waals surface area contributed by atoms with E-state index in [0.717, 1.165) is 0 Å². The molecule has 0 unspecified atom stereocenters. The molecule has 2 rings (SSSR count). The van der Waals surface area contributed by atoms with Gasteiger partial charge in [-0.15, -0.1) is 0 Å². The summed E-state index contributed by atoms with van der Waals surface area (Å²) in [5.74, 6) is -0.174. The first-order chi connectivity index (χ1) is 9.97. The molecule has 1 heterocycles. The van der Waals surface area contributed by atoms with Gasteiger partial charge in [-0.2, -0.15) is 0 Å². The number of methoxy groups -OCH3 is 1. The molecule has 0 saturated heterocycles. The number of nitrogens with zero attached hydrogens (tertiary/aromatic N) is 1. The van der Waals surface area contributed by atoms with Crippen LogP contribution in [-0.4, -0.2) is 31.1 Å². The van der Waals surface area contributed by atoms with Gasteiger partial charge in [-0.1, -0.05) is 13.8 Å². The smallest absolute Gasteiger partial charge is 0.325 e. The molecular weight excluding hydrogens is 272 g/mol. The molecule has 0 radical (unpaired) electrons. The van der Waals surface area contributed by atoms with Crippen LogP contribution in [0.5, 0.6) is 5.75 Å². The van der Waals surface area contributed by atoms with Crippen LogP contribution < -0.4 is 15.4 Å². The van der Waals surface area contributed by atoms with E-state index in [1.165, 1.54) is 12.0 Å². The Hall–Kier alpha value is -2.24. The van der Waals surface area contributed by atoms with Gasteiger partial charge in [0.2, 0.25) is 0 Å². The number of nitrogens with two attached hydrogens (primary N) is 1. The van der Waals surface area contributed by atoms with Crippen LogP contribution in [0.15, 0.2) is 18.2 Å². The van der Waals surface area contributed by atoms with Crippen LogP contribution in [0.2, 0.25) is 0 Å². The van der Waals surface area contributed by atoms with E-state index in [1.54, 1.807) is 18.2 Å². The average molecular weight is 292 g/mol. The summed E-state index contributed by atoms with van der Waals surface area (Å²) in [6.07, 6.45) is 1.04. The number of carbonyl (C=O) groups is 2. The van der Waals surface area contributed by atoms with Gasteiger partial charge < -0.3 is 15.2 Å². The van der Waals surface area contributed by atoms with Crippen LogP contribution >= 0.6 is 0 Å². The van der Waals surface area contributed by atoms with Gasteiger partial charge in [0.05, 0.1) is 12.8 Å². The summed E-state index contributed by atoms with van der Waals surface area (Å²) in [4.78, 5) is 25.8. The van der Waals surface area contributed by atoms with Crippen molar-refractivity contribution in [3.63, 3.8) is 0 Å². The Balaban J connectivity index is 2.52. The van der Waals surface area contributed by atoms with Gasteiger partial charge in [-0.3, -0.25) is 14.5 Å². The van der Waals surface area contributed by atoms with Gasteiger partial charge in [0.25, 0.3) is 5.91 Å². The topological polar surface area (TPSA) is 81.9 Å². The van der Waals surface area contributed by atoms with E-state index in [0.29, 0.717) is 30.0 Å². The second-order valence-corrected chi connectivity index (χ2v) is 5.00. The molecule has 1 aliphatic heterocycles. The van der Waals surface area contributed by atoms with Gasteiger partial charge in [0, 0.05) is 5.69 Å². The molecule has 1 aliphatic rings. The number of carbonyl (C=O) groups excluding carboxylic acids is 2. The van der Waals surface area contributed by atoms with Gasteiger partial charge in [0.15, 0.2) is 5.60 Å². The van der Waals surface area contributed by atoms with Gasteiger partial charge in [-0.25, -0.2) is 0 Å². The number of benzene rings is 1. The van der Waals surface area contributed by atoms with Crippen LogP contribution in [0.3, 0.4) is 0 Å². The maximum Gasteiger partial charge on any atom is 0.325 e. The van der Waals surface area contributed by atoms with Crippen molar-refractivity contribution in [2.45, 2.75) is 32.3 Å². The Morgan fingerprint density at radius 2 is 2.05 bits per heavy atom. The molecular formula is C15H20N2O4. The summed E-state index contributed by atoms with van der Waals surface area (Å²) in [7, 11) is 1.29. The molecule has 0 fully saturated rings. The number of anilines is 2. The van der Waals surface area contributed by atoms with E-state index in [-0.39, 0.29) is 12.5 Å². The lowest BCUT2D eigenvalue weighted by Crippen LogP contribution is -2.56. The summed E-state index contributed by atoms with van der Waals surface area (Å²) in [6, 6.07) is 5.06. The zero-order valence-corrected chi connectivity index (χ0v) is 12.5. The maximum atomic E-state index is 12.8. The van der Waals surface area contributed by atoms with Crippen molar-refractivity contribution in [2.24, 2.45) is 0 Å². The Labute approximate surface area is 123 Å². The molecule has 0 bridgehead atoms. The van der Waals surface area contributed by atoms with Crippen LogP contribution in [0.25, 0.3) is 0 Å². The summed E-state index contributed by atoms with van der Waals surface area (Å²) in [5, 5.41) is 0. The van der Waals surface area contributed by atoms with Crippen molar-refractivity contribution >= 4 is 23.3 Å². The second-order valence-electron chi connectivity index (χ2n) is 5.00. The van der Waals surface area contributed by atoms with Crippen LogP contribution in [-0.2, 0) is 14.3 Å². The van der Waals surface area contributed by atoms with E-state index < -0.39 is 11.6 Å². The molecule has 1 aromatic carbocycles. The normalized spacial score (nSPS) is 16.1. The lowest BCUT2D eigenvalue weighted by molar-refractivity contribution is -0.143. The molecule has 0 saturated carbocycles. The molecule has 0 aliphatic carbocycles. The monoisotopic (exact) mass is 292 g/mol. The molecule has 0 spiro atoms. The van der Waals surface area contributed by atoms with Crippen molar-refractivity contribution in [3.05, 3.63) is 18.2 Å². The highest BCUT2D eigenvalue weighted by atomic mass is 16.5. The quantitative estimate of drug-likeness (QED) is 0.675. The highest BCUT2D eigenvalue weighted by Gasteiger charge is 2.46. The van der Waals surface area contributed by atoms with Crippen molar-refractivity contribution in [1.29, 1.82) is 0 Å². The van der Waals surface area contributed by atoms with Crippen molar-refractivity contribution in [1.82, 2.24) is 0 Å². The predicted octanol–water partition coefficient (Wildman–Crippen LogP) is 1.73. The number of amides is 1. The van der Waals surface area contributed by atoms with E-state index >= 15 is 0 Å². The number of esters is 1. The third-order valence-corrected chi connectivity index (χ3v) is 3.87. The number of nitrogen functional groups attached to an aromatic ring is 1. The summed E-state index contributed by atoms with van der Waals surface area (Å²) in [6.45, 7) is 3.62. The highest BCUT2D eigenvalue weighted by Crippen LogP contribution is 2.41. The number of hydrogen-bond acceptors (Lipinski definition) is 5. The molecule has 0 atom stereocenters. The standard InChI is InChI=1S/C15H20N2O4/c1-4-15(5-2)14(19)17(9-13(18)20-3)11-8-10(16)6-7-12(11)21-15/h6-8H,4-5,9,16H2,1-3H3. The van der Waals surface area contributed by atoms with Gasteiger partial charge in [0.1, 0.15) is 12.3 Å². The van der Waals surface area contributed by atoms with Crippen molar-refractivity contribution < 1.29 is 19.1 Å². The number of ether oxygens (including phenoxy) is 2. The Morgan fingerprint density at radius 3 is 2.62 bits per heavy atom. The third-order valence-electron chi connectivity index (χ3n) is 3.87. The minimum Gasteiger partial charge on any atom is -0.475 e. The molecule has 6 heteroatoms. The highest BCUT2D eigenvalue weighted by molar-refractivity contribution is 6.05. The molecule has 114 valence electrons. The second kappa shape index (κ2) is 5.63. The summed E-state index contributed by atoms with van der Waals surface area (Å²) >= 11 is 0. The maximum absolute atomic E-state index is 12.8. The Morgan fingerprint density at radius 1 is 1.38 bits per heavy atom. The SMILES string of the molecule is CCC1(CC)Oc2ccc(N)cc2N(CC(=O)OC)C1=O. The number of fused-ring (bicyclic) bond motifs is 1. The van der Waals surface area contributed by atoms with Crippen molar-refractivity contribution in [3.8, 4) is 5.75 Å². The summed E-state index contributed by atoms with van der Waals surface area (Å²) < 4.78 is 10.6. The van der Waals surface area contributed by atoms with Crippen LogP contribution in [0.4, 0.5) is 11.4 Å². The fourth-order valence-corrected chi connectivity index (χ4v) is 2.49. The van der Waals surface area contributed by atoms with E-state index in [2.05, 4.69) is 4.74 Å². The zero-order valence-electron chi connectivity index (χ0n) is 12.5. The van der Waals surface area contributed by atoms with Gasteiger partial charge in [-0.05, 0) is 31.0 Å². The van der Waals surface area contributed by atoms with E-state index in [9.17, 15) is 9.59 Å². The minimum absolute atomic E-state index is 0.156. The molecule has 0 aromatic heterocycles. The first-order valence-electron chi connectivity index (χ1n) is 6.94. The Kier molecular flexibility index (Phi) is 4.06. The molecule has 2 N–H and O–H groups in total. The summed E-state index contributed by atoms with van der Waals surface area (Å²) in [5.41, 5.74) is 5.83. The number of hydrogen-bond donors (Lipinski definition) is 1. The zero-order chi connectivity index (χ0) is 15.6. The molecule has 1 amide bonds. The Bertz CT molecular complexity index is 567. The van der Waals surface area contributed by atoms with Crippen LogP contribution in [0.1, 0.15) is 26.7 Å². The first kappa shape index (κ1) is 15.2. The molecule has 1 aromatic rings. The fourth-order valence-electron chi connectivity index (χ4n) is 2.49. The molecule has 21 heavy (non-hydrogen) atoms. The van der Waals surface area contributed by atoms with E-state index in [4.69, 9.17) is 10.5 Å². The molecule has 6 nitrogen and oxygen atoms in total. The van der Waals surface area contributed by atoms with Crippen molar-refractivity contribution in [2.75, 3.05) is 24.3 Å². The number of rotatable bonds is 4. The lowest BCUT2D eigenvalue weighted by atomic mass is 9.92. The third kappa shape index (κ3) is 2.53. The predicted molar refractivity (Wildman–Crippen MR) is 79.2 cm³/mol. The average Bonchev–Trinajstić information content (AvgIpc) is 2.50. The first-order valence-corrected chi connectivity index (χ1v) is 6.94. The fraction of sp³-hybridized carbons (Fsp3) is 0.467. The van der Waals surface area contributed by atoms with Gasteiger partial charge >= 0.3 is 5.97 Å².